The van der Waals surface area contributed by atoms with Crippen molar-refractivity contribution in [2.45, 2.75) is 18.3 Å². The van der Waals surface area contributed by atoms with Crippen LogP contribution in [0.1, 0.15) is 12.3 Å². The van der Waals surface area contributed by atoms with Gasteiger partial charge >= 0.3 is 0 Å². The molecule has 3 rings (SSSR count). The monoisotopic (exact) mass is 389 g/mol. The summed E-state index contributed by atoms with van der Waals surface area (Å²) in [7, 11) is 0. The number of aromatic nitrogens is 2. The van der Waals surface area contributed by atoms with Gasteiger partial charge in [-0.2, -0.15) is 0 Å². The number of ether oxygens (including phenoxy) is 1. The first-order valence-electron chi connectivity index (χ1n) is 7.87. The van der Waals surface area contributed by atoms with Gasteiger partial charge in [0, 0.05) is 22.9 Å². The van der Waals surface area contributed by atoms with Gasteiger partial charge in [-0.15, -0.1) is 10.2 Å². The van der Waals surface area contributed by atoms with Gasteiger partial charge in [0.15, 0.2) is 6.61 Å². The Morgan fingerprint density at radius 2 is 2.00 bits per heavy atom. The first-order valence-corrected chi connectivity index (χ1v) is 9.24. The summed E-state index contributed by atoms with van der Waals surface area (Å²) in [4.78, 5) is 11.9. The van der Waals surface area contributed by atoms with Gasteiger partial charge in [-0.3, -0.25) is 4.79 Å². The Bertz CT molecular complexity index is 858. The summed E-state index contributed by atoms with van der Waals surface area (Å²) < 4.78 is 11.0. The molecule has 134 valence electrons. The molecule has 1 aromatic heterocycles. The number of amides is 1. The first-order chi connectivity index (χ1) is 12.7. The fourth-order valence-corrected chi connectivity index (χ4v) is 2.94. The van der Waals surface area contributed by atoms with E-state index in [4.69, 9.17) is 20.8 Å². The van der Waals surface area contributed by atoms with Crippen LogP contribution in [0, 0.1) is 0 Å². The number of rotatable bonds is 8. The summed E-state index contributed by atoms with van der Waals surface area (Å²) in [5.41, 5.74) is 0.672. The van der Waals surface area contributed by atoms with Crippen molar-refractivity contribution in [2.24, 2.45) is 0 Å². The van der Waals surface area contributed by atoms with Crippen LogP contribution in [0.5, 0.6) is 5.75 Å². The van der Waals surface area contributed by atoms with E-state index in [1.54, 1.807) is 24.3 Å². The molecule has 6 nitrogen and oxygen atoms in total. The molecular weight excluding hydrogens is 374 g/mol. The lowest BCUT2D eigenvalue weighted by Crippen LogP contribution is -2.12. The van der Waals surface area contributed by atoms with Crippen LogP contribution in [-0.2, 0) is 11.4 Å². The number of anilines is 1. The standard InChI is InChI=1S/C18H16ClN3O3S/c19-13-5-4-6-14(11-13)20-16(23)9-10-26-18-22-21-17(25-18)12-24-15-7-2-1-3-8-15/h1-8,11H,9-10,12H2,(H,20,23). The van der Waals surface area contributed by atoms with Crippen LogP contribution < -0.4 is 10.1 Å². The number of nitrogens with one attached hydrogen (secondary N) is 1. The number of hydrogen-bond donors (Lipinski definition) is 1. The summed E-state index contributed by atoms with van der Waals surface area (Å²) in [5.74, 6) is 1.54. The lowest BCUT2D eigenvalue weighted by atomic mass is 10.3. The Kier molecular flexibility index (Phi) is 6.51. The van der Waals surface area contributed by atoms with E-state index in [2.05, 4.69) is 15.5 Å². The number of hydrogen-bond acceptors (Lipinski definition) is 6. The van der Waals surface area contributed by atoms with Crippen LogP contribution in [0.15, 0.2) is 64.2 Å². The lowest BCUT2D eigenvalue weighted by Gasteiger charge is -2.04. The van der Waals surface area contributed by atoms with Gasteiger partial charge < -0.3 is 14.5 Å². The average molecular weight is 390 g/mol. The Balaban J connectivity index is 1.40. The van der Waals surface area contributed by atoms with E-state index in [-0.39, 0.29) is 12.5 Å². The van der Waals surface area contributed by atoms with Gasteiger partial charge in [0.2, 0.25) is 5.91 Å². The minimum absolute atomic E-state index is 0.105. The Morgan fingerprint density at radius 3 is 2.81 bits per heavy atom. The summed E-state index contributed by atoms with van der Waals surface area (Å²) >= 11 is 7.21. The third-order valence-electron chi connectivity index (χ3n) is 3.22. The molecule has 0 saturated heterocycles. The SMILES string of the molecule is O=C(CCSc1nnc(COc2ccccc2)o1)Nc1cccc(Cl)c1. The molecule has 0 atom stereocenters. The predicted octanol–water partition coefficient (Wildman–Crippen LogP) is 4.42. The highest BCUT2D eigenvalue weighted by molar-refractivity contribution is 7.99. The highest BCUT2D eigenvalue weighted by Crippen LogP contribution is 2.19. The molecule has 8 heteroatoms. The zero-order valence-corrected chi connectivity index (χ0v) is 15.3. The Hall–Kier alpha value is -2.51. The van der Waals surface area contributed by atoms with Crippen molar-refractivity contribution in [1.82, 2.24) is 10.2 Å². The number of para-hydroxylation sites is 1. The highest BCUT2D eigenvalue weighted by Gasteiger charge is 2.09. The maximum Gasteiger partial charge on any atom is 0.276 e. The zero-order chi connectivity index (χ0) is 18.2. The van der Waals surface area contributed by atoms with Crippen LogP contribution in [0.3, 0.4) is 0 Å². The van der Waals surface area contributed by atoms with Crippen molar-refractivity contribution in [1.29, 1.82) is 0 Å². The van der Waals surface area contributed by atoms with E-state index < -0.39 is 0 Å². The molecule has 1 heterocycles. The zero-order valence-electron chi connectivity index (χ0n) is 13.7. The van der Waals surface area contributed by atoms with Gasteiger partial charge in [-0.1, -0.05) is 47.6 Å². The fourth-order valence-electron chi connectivity index (χ4n) is 2.04. The second-order valence-electron chi connectivity index (χ2n) is 5.22. The highest BCUT2D eigenvalue weighted by atomic mass is 35.5. The molecule has 1 N–H and O–H groups in total. The normalized spacial score (nSPS) is 10.5. The minimum atomic E-state index is -0.105. The van der Waals surface area contributed by atoms with E-state index in [1.807, 2.05) is 30.3 Å². The number of thioether (sulfide) groups is 1. The molecule has 0 aliphatic heterocycles. The summed E-state index contributed by atoms with van der Waals surface area (Å²) in [5, 5.41) is 11.6. The van der Waals surface area contributed by atoms with Gasteiger partial charge in [0.05, 0.1) is 0 Å². The molecule has 3 aromatic rings. The molecule has 0 radical (unpaired) electrons. The quantitative estimate of drug-likeness (QED) is 0.574. The van der Waals surface area contributed by atoms with Crippen molar-refractivity contribution in [3.05, 3.63) is 65.5 Å². The number of carbonyl (C=O) groups is 1. The number of benzene rings is 2. The second-order valence-corrected chi connectivity index (χ2v) is 6.70. The van der Waals surface area contributed by atoms with E-state index in [0.29, 0.717) is 34.0 Å². The van der Waals surface area contributed by atoms with Crippen LogP contribution in [0.4, 0.5) is 5.69 Å². The predicted molar refractivity (Wildman–Crippen MR) is 100 cm³/mol. The molecule has 0 aliphatic rings. The molecule has 0 spiro atoms. The third-order valence-corrected chi connectivity index (χ3v) is 4.27. The first kappa shape index (κ1) is 18.3. The van der Waals surface area contributed by atoms with E-state index in [0.717, 1.165) is 5.75 Å². The number of nitrogens with zero attached hydrogens (tertiary/aromatic N) is 2. The molecule has 0 saturated carbocycles. The molecule has 0 fully saturated rings. The average Bonchev–Trinajstić information content (AvgIpc) is 3.09. The number of halogens is 1. The molecule has 0 bridgehead atoms. The van der Waals surface area contributed by atoms with Crippen molar-refractivity contribution < 1.29 is 13.9 Å². The van der Waals surface area contributed by atoms with Gasteiger partial charge in [0.1, 0.15) is 5.75 Å². The minimum Gasteiger partial charge on any atom is -0.484 e. The van der Waals surface area contributed by atoms with Crippen molar-refractivity contribution in [3.8, 4) is 5.75 Å². The van der Waals surface area contributed by atoms with Gasteiger partial charge in [-0.25, -0.2) is 0 Å². The molecule has 1 amide bonds. The summed E-state index contributed by atoms with van der Waals surface area (Å²) in [6.45, 7) is 0.201. The molecule has 0 aliphatic carbocycles. The fraction of sp³-hybridized carbons (Fsp3) is 0.167. The summed E-state index contributed by atoms with van der Waals surface area (Å²) in [6.07, 6.45) is 0.315. The van der Waals surface area contributed by atoms with Crippen LogP contribution in [-0.4, -0.2) is 21.9 Å². The number of carbonyl (C=O) groups excluding carboxylic acids is 1. The smallest absolute Gasteiger partial charge is 0.276 e. The third kappa shape index (κ3) is 5.79. The largest absolute Gasteiger partial charge is 0.484 e. The van der Waals surface area contributed by atoms with Crippen molar-refractivity contribution in [3.63, 3.8) is 0 Å². The topological polar surface area (TPSA) is 77.2 Å². The van der Waals surface area contributed by atoms with Crippen LogP contribution in [0.25, 0.3) is 0 Å². The molecular formula is C18H16ClN3O3S. The Labute approximate surface area is 159 Å². The molecule has 2 aromatic carbocycles. The Morgan fingerprint density at radius 1 is 1.15 bits per heavy atom. The van der Waals surface area contributed by atoms with Crippen molar-refractivity contribution >= 4 is 35.0 Å². The van der Waals surface area contributed by atoms with Crippen LogP contribution in [0.2, 0.25) is 5.02 Å². The maximum absolute atomic E-state index is 11.9. The van der Waals surface area contributed by atoms with E-state index in [1.165, 1.54) is 11.8 Å². The van der Waals surface area contributed by atoms with E-state index in [9.17, 15) is 4.79 Å². The van der Waals surface area contributed by atoms with Gasteiger partial charge in [0.25, 0.3) is 11.1 Å². The maximum atomic E-state index is 11.9. The molecule has 26 heavy (non-hydrogen) atoms. The van der Waals surface area contributed by atoms with Gasteiger partial charge in [-0.05, 0) is 30.3 Å². The lowest BCUT2D eigenvalue weighted by molar-refractivity contribution is -0.115. The molecule has 0 unspecified atom stereocenters. The van der Waals surface area contributed by atoms with Crippen molar-refractivity contribution in [2.75, 3.05) is 11.1 Å². The second kappa shape index (κ2) is 9.26. The summed E-state index contributed by atoms with van der Waals surface area (Å²) in [6, 6.07) is 16.4. The van der Waals surface area contributed by atoms with E-state index >= 15 is 0 Å². The van der Waals surface area contributed by atoms with Crippen LogP contribution >= 0.6 is 23.4 Å².